The van der Waals surface area contributed by atoms with Crippen molar-refractivity contribution < 1.29 is 14.8 Å². The van der Waals surface area contributed by atoms with Crippen LogP contribution in [-0.4, -0.2) is 67.5 Å². The Labute approximate surface area is 123 Å². The Morgan fingerprint density at radius 3 is 2.62 bits per heavy atom. The summed E-state index contributed by atoms with van der Waals surface area (Å²) in [4.78, 5) is 14.9. The lowest BCUT2D eigenvalue weighted by molar-refractivity contribution is -0.384. The summed E-state index contributed by atoms with van der Waals surface area (Å²) in [5.41, 5.74) is 0.810. The van der Waals surface area contributed by atoms with Gasteiger partial charge in [0.1, 0.15) is 5.69 Å². The molecule has 1 N–H and O–H groups in total. The van der Waals surface area contributed by atoms with Gasteiger partial charge in [0.25, 0.3) is 5.69 Å². The molecule has 1 aromatic rings. The van der Waals surface area contributed by atoms with Crippen molar-refractivity contribution in [3.05, 3.63) is 34.4 Å². The maximum atomic E-state index is 11.1. The molecule has 21 heavy (non-hydrogen) atoms. The first kappa shape index (κ1) is 15.7. The molecule has 1 heterocycles. The molecule has 0 unspecified atom stereocenters. The van der Waals surface area contributed by atoms with Gasteiger partial charge in [-0.3, -0.25) is 15.0 Å². The van der Waals surface area contributed by atoms with Crippen LogP contribution in [0.15, 0.2) is 24.3 Å². The summed E-state index contributed by atoms with van der Waals surface area (Å²) in [5.74, 6) is 0. The number of nitro groups is 1. The Hall–Kier alpha value is -1.70. The fourth-order valence-corrected chi connectivity index (χ4v) is 2.60. The maximum absolute atomic E-state index is 11.1. The molecule has 0 spiro atoms. The fraction of sp³-hybridized carbons (Fsp3) is 0.571. The van der Waals surface area contributed by atoms with Crippen LogP contribution in [0.3, 0.4) is 0 Å². The van der Waals surface area contributed by atoms with Crippen LogP contribution in [-0.2, 0) is 4.74 Å². The van der Waals surface area contributed by atoms with E-state index in [0.29, 0.717) is 31.9 Å². The highest BCUT2D eigenvalue weighted by molar-refractivity contribution is 5.63. The second-order valence-electron chi connectivity index (χ2n) is 5.14. The van der Waals surface area contributed by atoms with E-state index in [4.69, 9.17) is 4.74 Å². The minimum absolute atomic E-state index is 0.144. The zero-order chi connectivity index (χ0) is 15.2. The minimum atomic E-state index is -0.493. The lowest BCUT2D eigenvalue weighted by atomic mass is 10.2. The Balaban J connectivity index is 1.94. The van der Waals surface area contributed by atoms with Gasteiger partial charge in [-0.15, -0.1) is 0 Å². The number of β-amino-alcohol motifs (C(OH)–C–C–N with tert-alkyl or cyclic N) is 1. The van der Waals surface area contributed by atoms with Crippen molar-refractivity contribution in [1.82, 2.24) is 4.90 Å². The third-order valence-corrected chi connectivity index (χ3v) is 3.62. The van der Waals surface area contributed by atoms with Gasteiger partial charge in [0.05, 0.1) is 17.6 Å². The summed E-state index contributed by atoms with van der Waals surface area (Å²) < 4.78 is 4.92. The number of ether oxygens (including phenoxy) is 1. The molecular formula is C14H21N3O4. The normalized spacial score (nSPS) is 17.7. The van der Waals surface area contributed by atoms with Gasteiger partial charge in [0, 0.05) is 45.9 Å². The van der Waals surface area contributed by atoms with Crippen LogP contribution in [0.4, 0.5) is 11.4 Å². The second kappa shape index (κ2) is 7.35. The number of aliphatic hydroxyl groups is 1. The van der Waals surface area contributed by atoms with E-state index in [1.54, 1.807) is 19.2 Å². The quantitative estimate of drug-likeness (QED) is 0.615. The SMILES string of the molecule is COC[C@H](O)CN1CCN(c2ccccc2[N+](=O)[O-])CC1. The summed E-state index contributed by atoms with van der Waals surface area (Å²) in [6, 6.07) is 6.81. The first-order valence-electron chi connectivity index (χ1n) is 6.99. The van der Waals surface area contributed by atoms with Gasteiger partial charge in [-0.1, -0.05) is 12.1 Å². The third kappa shape index (κ3) is 4.13. The predicted octanol–water partition coefficient (Wildman–Crippen LogP) is 0.724. The van der Waals surface area contributed by atoms with E-state index in [2.05, 4.69) is 4.90 Å². The monoisotopic (exact) mass is 295 g/mol. The summed E-state index contributed by atoms with van der Waals surface area (Å²) in [5, 5.41) is 20.8. The van der Waals surface area contributed by atoms with Crippen molar-refractivity contribution in [3.63, 3.8) is 0 Å². The van der Waals surface area contributed by atoms with E-state index in [0.717, 1.165) is 13.1 Å². The maximum Gasteiger partial charge on any atom is 0.292 e. The number of nitrogens with zero attached hydrogens (tertiary/aromatic N) is 3. The molecule has 7 heteroatoms. The third-order valence-electron chi connectivity index (χ3n) is 3.62. The molecular weight excluding hydrogens is 274 g/mol. The average molecular weight is 295 g/mol. The van der Waals surface area contributed by atoms with Crippen molar-refractivity contribution in [3.8, 4) is 0 Å². The number of para-hydroxylation sites is 2. The zero-order valence-electron chi connectivity index (χ0n) is 12.1. The average Bonchev–Trinajstić information content (AvgIpc) is 2.48. The zero-order valence-corrected chi connectivity index (χ0v) is 12.1. The van der Waals surface area contributed by atoms with Crippen LogP contribution < -0.4 is 4.90 Å². The van der Waals surface area contributed by atoms with Gasteiger partial charge in [-0.05, 0) is 6.07 Å². The first-order valence-corrected chi connectivity index (χ1v) is 6.99. The van der Waals surface area contributed by atoms with Crippen molar-refractivity contribution in [2.75, 3.05) is 51.3 Å². The molecule has 1 aliphatic heterocycles. The minimum Gasteiger partial charge on any atom is -0.389 e. The molecule has 1 saturated heterocycles. The van der Waals surface area contributed by atoms with Crippen LogP contribution in [0.5, 0.6) is 0 Å². The smallest absolute Gasteiger partial charge is 0.292 e. The molecule has 116 valence electrons. The molecule has 1 atom stereocenters. The molecule has 0 aromatic heterocycles. The van der Waals surface area contributed by atoms with Gasteiger partial charge >= 0.3 is 0 Å². The predicted molar refractivity (Wildman–Crippen MR) is 79.6 cm³/mol. The number of aliphatic hydroxyl groups excluding tert-OH is 1. The Morgan fingerprint density at radius 2 is 2.00 bits per heavy atom. The number of rotatable bonds is 6. The standard InChI is InChI=1S/C14H21N3O4/c1-21-11-12(18)10-15-6-8-16(9-7-15)13-4-2-3-5-14(13)17(19)20/h2-5,12,18H,6-11H2,1H3/t12-/m1/s1. The van der Waals surface area contributed by atoms with Crippen molar-refractivity contribution in [2.45, 2.75) is 6.10 Å². The summed E-state index contributed by atoms with van der Waals surface area (Å²) >= 11 is 0. The number of hydrogen-bond donors (Lipinski definition) is 1. The number of hydrogen-bond acceptors (Lipinski definition) is 6. The first-order chi connectivity index (χ1) is 10.1. The van der Waals surface area contributed by atoms with E-state index in [-0.39, 0.29) is 10.6 Å². The summed E-state index contributed by atoms with van der Waals surface area (Å²) in [7, 11) is 1.57. The van der Waals surface area contributed by atoms with E-state index >= 15 is 0 Å². The molecule has 1 aromatic carbocycles. The molecule has 0 saturated carbocycles. The van der Waals surface area contributed by atoms with E-state index in [9.17, 15) is 15.2 Å². The highest BCUT2D eigenvalue weighted by Crippen LogP contribution is 2.28. The number of anilines is 1. The lowest BCUT2D eigenvalue weighted by Gasteiger charge is -2.36. The fourth-order valence-electron chi connectivity index (χ4n) is 2.60. The molecule has 0 bridgehead atoms. The van der Waals surface area contributed by atoms with Crippen LogP contribution in [0, 0.1) is 10.1 Å². The lowest BCUT2D eigenvalue weighted by Crippen LogP contribution is -2.49. The Kier molecular flexibility index (Phi) is 5.49. The largest absolute Gasteiger partial charge is 0.389 e. The van der Waals surface area contributed by atoms with Gasteiger partial charge < -0.3 is 14.7 Å². The van der Waals surface area contributed by atoms with Crippen LogP contribution in [0.1, 0.15) is 0 Å². The molecule has 0 radical (unpaired) electrons. The number of piperazine rings is 1. The highest BCUT2D eigenvalue weighted by atomic mass is 16.6. The molecule has 2 rings (SSSR count). The Bertz CT molecular complexity index is 475. The van der Waals surface area contributed by atoms with E-state index < -0.39 is 6.10 Å². The van der Waals surface area contributed by atoms with Crippen LogP contribution in [0.25, 0.3) is 0 Å². The molecule has 0 aliphatic carbocycles. The second-order valence-corrected chi connectivity index (χ2v) is 5.14. The number of methoxy groups -OCH3 is 1. The molecule has 1 aliphatic rings. The molecule has 1 fully saturated rings. The van der Waals surface area contributed by atoms with Gasteiger partial charge in [0.15, 0.2) is 0 Å². The summed E-state index contributed by atoms with van der Waals surface area (Å²) in [6.45, 7) is 3.86. The molecule has 0 amide bonds. The summed E-state index contributed by atoms with van der Waals surface area (Å²) in [6.07, 6.45) is -0.493. The van der Waals surface area contributed by atoms with Crippen LogP contribution >= 0.6 is 0 Å². The van der Waals surface area contributed by atoms with Gasteiger partial charge in [-0.25, -0.2) is 0 Å². The van der Waals surface area contributed by atoms with E-state index in [1.807, 2.05) is 11.0 Å². The van der Waals surface area contributed by atoms with Crippen molar-refractivity contribution in [1.29, 1.82) is 0 Å². The Morgan fingerprint density at radius 1 is 1.33 bits per heavy atom. The number of benzene rings is 1. The van der Waals surface area contributed by atoms with E-state index in [1.165, 1.54) is 6.07 Å². The van der Waals surface area contributed by atoms with Gasteiger partial charge in [-0.2, -0.15) is 0 Å². The van der Waals surface area contributed by atoms with Crippen molar-refractivity contribution >= 4 is 11.4 Å². The number of nitro benzene ring substituents is 1. The molecule has 7 nitrogen and oxygen atoms in total. The van der Waals surface area contributed by atoms with Gasteiger partial charge in [0.2, 0.25) is 0 Å². The topological polar surface area (TPSA) is 79.1 Å². The highest BCUT2D eigenvalue weighted by Gasteiger charge is 2.24. The van der Waals surface area contributed by atoms with Crippen LogP contribution in [0.2, 0.25) is 0 Å². The van der Waals surface area contributed by atoms with Crippen molar-refractivity contribution in [2.24, 2.45) is 0 Å².